The van der Waals surface area contributed by atoms with Crippen LogP contribution in [0.5, 0.6) is 0 Å². The second kappa shape index (κ2) is 6.77. The van der Waals surface area contributed by atoms with Crippen molar-refractivity contribution >= 4 is 27.5 Å². The van der Waals surface area contributed by atoms with Gasteiger partial charge < -0.3 is 10.2 Å². The lowest BCUT2D eigenvalue weighted by molar-refractivity contribution is -0.135. The molecule has 0 aromatic carbocycles. The zero-order chi connectivity index (χ0) is 13.8. The van der Waals surface area contributed by atoms with Crippen molar-refractivity contribution in [2.75, 3.05) is 37.4 Å². The molecule has 5 nitrogen and oxygen atoms in total. The lowest BCUT2D eigenvalue weighted by atomic mass is 10.1. The molecule has 1 heterocycles. The molecule has 0 aromatic heterocycles. The molecule has 2 atom stereocenters. The maximum absolute atomic E-state index is 12.3. The molecule has 1 aliphatic rings. The van der Waals surface area contributed by atoms with Crippen molar-refractivity contribution in [3.05, 3.63) is 0 Å². The van der Waals surface area contributed by atoms with Crippen molar-refractivity contribution in [1.82, 2.24) is 10.2 Å². The summed E-state index contributed by atoms with van der Waals surface area (Å²) in [4.78, 5) is 13.8. The number of amides is 1. The third kappa shape index (κ3) is 3.61. The molecular formula is C11H22N2O3S2. The maximum Gasteiger partial charge on any atom is 0.227 e. The number of rotatable bonds is 5. The molecule has 0 aliphatic carbocycles. The molecule has 0 aromatic rings. The Hall–Kier alpha value is -0.270. The van der Waals surface area contributed by atoms with Gasteiger partial charge in [-0.05, 0) is 7.05 Å². The van der Waals surface area contributed by atoms with E-state index in [0.29, 0.717) is 18.8 Å². The van der Waals surface area contributed by atoms with E-state index in [-0.39, 0.29) is 17.6 Å². The van der Waals surface area contributed by atoms with Gasteiger partial charge in [0.15, 0.2) is 9.84 Å². The third-order valence-electron chi connectivity index (χ3n) is 3.12. The van der Waals surface area contributed by atoms with Crippen LogP contribution in [0.15, 0.2) is 0 Å². The highest BCUT2D eigenvalue weighted by Gasteiger charge is 2.36. The van der Waals surface area contributed by atoms with Crippen LogP contribution in [0.2, 0.25) is 0 Å². The predicted molar refractivity (Wildman–Crippen MR) is 75.4 cm³/mol. The normalized spacial score (nSPS) is 22.8. The molecule has 1 amide bonds. The van der Waals surface area contributed by atoms with Crippen LogP contribution < -0.4 is 5.32 Å². The molecule has 18 heavy (non-hydrogen) atoms. The van der Waals surface area contributed by atoms with Gasteiger partial charge in [-0.25, -0.2) is 8.42 Å². The highest BCUT2D eigenvalue weighted by atomic mass is 32.2. The van der Waals surface area contributed by atoms with Gasteiger partial charge in [0.2, 0.25) is 5.91 Å². The van der Waals surface area contributed by atoms with Crippen LogP contribution in [-0.4, -0.2) is 62.0 Å². The van der Waals surface area contributed by atoms with E-state index in [1.54, 1.807) is 30.6 Å². The van der Waals surface area contributed by atoms with Gasteiger partial charge in [-0.15, -0.1) is 0 Å². The molecule has 0 spiro atoms. The molecule has 7 heteroatoms. The standard InChI is InChI=1S/C11H22N2O3S2/c1-4-18(15,16)10-8-17-6-5-13(10)11(14)9(2)7-12-3/h9-10,12H,4-8H2,1-3H3. The quantitative estimate of drug-likeness (QED) is 0.783. The monoisotopic (exact) mass is 294 g/mol. The minimum Gasteiger partial charge on any atom is -0.324 e. The van der Waals surface area contributed by atoms with Gasteiger partial charge in [-0.3, -0.25) is 4.79 Å². The van der Waals surface area contributed by atoms with Crippen molar-refractivity contribution in [1.29, 1.82) is 0 Å². The van der Waals surface area contributed by atoms with Crippen LogP contribution in [0.3, 0.4) is 0 Å². The molecule has 106 valence electrons. The van der Waals surface area contributed by atoms with Crippen molar-refractivity contribution in [3.8, 4) is 0 Å². The van der Waals surface area contributed by atoms with Crippen LogP contribution >= 0.6 is 11.8 Å². The molecule has 1 saturated heterocycles. The van der Waals surface area contributed by atoms with E-state index in [1.165, 1.54) is 0 Å². The summed E-state index contributed by atoms with van der Waals surface area (Å²) in [5.41, 5.74) is 0. The molecule has 0 bridgehead atoms. The highest BCUT2D eigenvalue weighted by Crippen LogP contribution is 2.23. The number of nitrogens with zero attached hydrogens (tertiary/aromatic N) is 1. The summed E-state index contributed by atoms with van der Waals surface area (Å²) < 4.78 is 24.1. The van der Waals surface area contributed by atoms with Crippen LogP contribution in [0.4, 0.5) is 0 Å². The lowest BCUT2D eigenvalue weighted by Crippen LogP contribution is -2.53. The summed E-state index contributed by atoms with van der Waals surface area (Å²) in [6.07, 6.45) is 0. The van der Waals surface area contributed by atoms with E-state index in [4.69, 9.17) is 0 Å². The Morgan fingerprint density at radius 1 is 1.56 bits per heavy atom. The largest absolute Gasteiger partial charge is 0.324 e. The number of hydrogen-bond donors (Lipinski definition) is 1. The summed E-state index contributed by atoms with van der Waals surface area (Å²) >= 11 is 1.60. The summed E-state index contributed by atoms with van der Waals surface area (Å²) in [5, 5.41) is 2.31. The molecular weight excluding hydrogens is 272 g/mol. The van der Waals surface area contributed by atoms with Crippen LogP contribution in [0, 0.1) is 5.92 Å². The zero-order valence-corrected chi connectivity index (χ0v) is 12.8. The summed E-state index contributed by atoms with van der Waals surface area (Å²) in [7, 11) is -1.41. The van der Waals surface area contributed by atoms with Gasteiger partial charge in [0.1, 0.15) is 5.37 Å². The van der Waals surface area contributed by atoms with E-state index in [9.17, 15) is 13.2 Å². The first-order chi connectivity index (χ1) is 8.44. The average molecular weight is 294 g/mol. The molecule has 0 saturated carbocycles. The van der Waals surface area contributed by atoms with Gasteiger partial charge in [-0.2, -0.15) is 11.8 Å². The smallest absolute Gasteiger partial charge is 0.227 e. The first kappa shape index (κ1) is 15.8. The molecule has 1 aliphatic heterocycles. The molecule has 1 N–H and O–H groups in total. The van der Waals surface area contributed by atoms with Gasteiger partial charge in [0.25, 0.3) is 0 Å². The molecule has 1 fully saturated rings. The van der Waals surface area contributed by atoms with Crippen molar-refractivity contribution in [2.24, 2.45) is 5.92 Å². The SMILES string of the molecule is CCS(=O)(=O)C1CSCCN1C(=O)C(C)CNC. The highest BCUT2D eigenvalue weighted by molar-refractivity contribution is 8.01. The van der Waals surface area contributed by atoms with Crippen LogP contribution in [0.1, 0.15) is 13.8 Å². The van der Waals surface area contributed by atoms with Crippen molar-refractivity contribution in [2.45, 2.75) is 19.2 Å². The van der Waals surface area contributed by atoms with Crippen LogP contribution in [-0.2, 0) is 14.6 Å². The molecule has 2 unspecified atom stereocenters. The summed E-state index contributed by atoms with van der Waals surface area (Å²) in [6, 6.07) is 0. The summed E-state index contributed by atoms with van der Waals surface area (Å²) in [6.45, 7) is 4.56. The molecule has 0 radical (unpaired) electrons. The Morgan fingerprint density at radius 3 is 2.78 bits per heavy atom. The Balaban J connectivity index is 2.86. The lowest BCUT2D eigenvalue weighted by Gasteiger charge is -2.36. The van der Waals surface area contributed by atoms with E-state index < -0.39 is 15.2 Å². The number of thioether (sulfide) groups is 1. The first-order valence-corrected chi connectivity index (χ1v) is 9.05. The van der Waals surface area contributed by atoms with Crippen molar-refractivity contribution < 1.29 is 13.2 Å². The van der Waals surface area contributed by atoms with Gasteiger partial charge in [0.05, 0.1) is 0 Å². The minimum absolute atomic E-state index is 0.0633. The zero-order valence-electron chi connectivity index (χ0n) is 11.2. The predicted octanol–water partition coefficient (Wildman–Crippen LogP) is 0.178. The number of nitrogens with one attached hydrogen (secondary N) is 1. The average Bonchev–Trinajstić information content (AvgIpc) is 2.38. The Labute approximate surface area is 114 Å². The second-order valence-corrected chi connectivity index (χ2v) is 8.07. The van der Waals surface area contributed by atoms with E-state index in [0.717, 1.165) is 5.75 Å². The van der Waals surface area contributed by atoms with E-state index in [1.807, 2.05) is 6.92 Å². The summed E-state index contributed by atoms with van der Waals surface area (Å²) in [5.74, 6) is 1.14. The molecule has 1 rings (SSSR count). The minimum atomic E-state index is -3.20. The van der Waals surface area contributed by atoms with Gasteiger partial charge >= 0.3 is 0 Å². The number of sulfone groups is 1. The van der Waals surface area contributed by atoms with E-state index >= 15 is 0 Å². The van der Waals surface area contributed by atoms with E-state index in [2.05, 4.69) is 5.32 Å². The fourth-order valence-electron chi connectivity index (χ4n) is 2.00. The van der Waals surface area contributed by atoms with Gasteiger partial charge in [0, 0.05) is 36.3 Å². The second-order valence-electron chi connectivity index (χ2n) is 4.47. The van der Waals surface area contributed by atoms with Crippen LogP contribution in [0.25, 0.3) is 0 Å². The first-order valence-electron chi connectivity index (χ1n) is 6.18. The Bertz CT molecular complexity index is 384. The third-order valence-corrected chi connectivity index (χ3v) is 6.41. The van der Waals surface area contributed by atoms with Crippen molar-refractivity contribution in [3.63, 3.8) is 0 Å². The number of carbonyl (C=O) groups excluding carboxylic acids is 1. The number of hydrogen-bond acceptors (Lipinski definition) is 5. The Morgan fingerprint density at radius 2 is 2.22 bits per heavy atom. The fourth-order valence-corrected chi connectivity index (χ4v) is 4.97. The maximum atomic E-state index is 12.3. The fraction of sp³-hybridized carbons (Fsp3) is 0.909. The number of carbonyl (C=O) groups is 1. The Kier molecular flexibility index (Phi) is 5.94. The topological polar surface area (TPSA) is 66.5 Å². The van der Waals surface area contributed by atoms with Gasteiger partial charge in [-0.1, -0.05) is 13.8 Å².